The number of rotatable bonds is 3. The number of anilines is 2. The van der Waals surface area contributed by atoms with Gasteiger partial charge in [-0.25, -0.2) is 9.97 Å². The highest BCUT2D eigenvalue weighted by molar-refractivity contribution is 7.17. The fourth-order valence-corrected chi connectivity index (χ4v) is 3.29. The molecule has 102 valence electrons. The minimum absolute atomic E-state index is 0.260. The van der Waals surface area contributed by atoms with E-state index in [1.165, 1.54) is 16.4 Å². The maximum Gasteiger partial charge on any atom is 0.138 e. The summed E-state index contributed by atoms with van der Waals surface area (Å²) in [6.07, 6.45) is 1.49. The van der Waals surface area contributed by atoms with Gasteiger partial charge in [0, 0.05) is 16.0 Å². The molecule has 0 aliphatic carbocycles. The molecule has 0 saturated heterocycles. The van der Waals surface area contributed by atoms with E-state index in [-0.39, 0.29) is 5.92 Å². The highest BCUT2D eigenvalue weighted by atomic mass is 35.5. The summed E-state index contributed by atoms with van der Waals surface area (Å²) >= 11 is 7.92. The summed E-state index contributed by atoms with van der Waals surface area (Å²) in [5, 5.41) is 7.17. The van der Waals surface area contributed by atoms with Crippen LogP contribution in [0.1, 0.15) is 25.3 Å². The summed E-state index contributed by atoms with van der Waals surface area (Å²) in [5.41, 5.74) is 1.95. The van der Waals surface area contributed by atoms with Gasteiger partial charge in [-0.1, -0.05) is 25.4 Å². The average Bonchev–Trinajstić information content (AvgIpc) is 2.85. The molecule has 0 unspecified atom stereocenters. The lowest BCUT2D eigenvalue weighted by molar-refractivity contribution is 0.850. The van der Waals surface area contributed by atoms with Crippen molar-refractivity contribution in [2.24, 2.45) is 0 Å². The Bertz CT molecular complexity index is 752. The normalized spacial score (nSPS) is 11.2. The third kappa shape index (κ3) is 2.49. The molecule has 0 radical (unpaired) electrons. The Morgan fingerprint density at radius 3 is 2.85 bits per heavy atom. The molecule has 0 spiro atoms. The Hall–Kier alpha value is -1.65. The van der Waals surface area contributed by atoms with Crippen molar-refractivity contribution in [2.75, 3.05) is 5.32 Å². The first-order chi connectivity index (χ1) is 9.65. The van der Waals surface area contributed by atoms with Crippen LogP contribution >= 0.6 is 22.9 Å². The maximum absolute atomic E-state index is 6.18. The molecule has 0 bridgehead atoms. The lowest BCUT2D eigenvalue weighted by atomic mass is 10.1. The predicted molar refractivity (Wildman–Crippen MR) is 86.2 cm³/mol. The van der Waals surface area contributed by atoms with Gasteiger partial charge in [0.1, 0.15) is 17.3 Å². The molecule has 3 nitrogen and oxygen atoms in total. The summed E-state index contributed by atoms with van der Waals surface area (Å²) < 4.78 is 1.28. The molecular weight excluding hydrogens is 290 g/mol. The maximum atomic E-state index is 6.18. The molecule has 5 heteroatoms. The lowest BCUT2D eigenvalue weighted by Crippen LogP contribution is -2.02. The second kappa shape index (κ2) is 5.38. The Labute approximate surface area is 126 Å². The summed E-state index contributed by atoms with van der Waals surface area (Å²) in [6.45, 7) is 4.16. The van der Waals surface area contributed by atoms with Gasteiger partial charge in [-0.2, -0.15) is 0 Å². The van der Waals surface area contributed by atoms with E-state index in [0.717, 1.165) is 17.1 Å². The van der Waals surface area contributed by atoms with Crippen LogP contribution in [0.4, 0.5) is 11.5 Å². The van der Waals surface area contributed by atoms with Crippen molar-refractivity contribution in [2.45, 2.75) is 19.8 Å². The van der Waals surface area contributed by atoms with Crippen molar-refractivity contribution in [1.82, 2.24) is 9.97 Å². The van der Waals surface area contributed by atoms with Gasteiger partial charge in [-0.3, -0.25) is 0 Å². The molecule has 3 rings (SSSR count). The third-order valence-electron chi connectivity index (χ3n) is 3.13. The van der Waals surface area contributed by atoms with Gasteiger partial charge in [0.05, 0.1) is 0 Å². The van der Waals surface area contributed by atoms with Crippen LogP contribution in [-0.4, -0.2) is 9.97 Å². The lowest BCUT2D eigenvalue weighted by Gasteiger charge is -2.14. The van der Waals surface area contributed by atoms with E-state index < -0.39 is 0 Å². The van der Waals surface area contributed by atoms with Crippen molar-refractivity contribution < 1.29 is 0 Å². The number of thiophene rings is 1. The SMILES string of the molecule is CC(C)c1c(Cl)ncnc1Nc1ccc2sccc2c1. The highest BCUT2D eigenvalue weighted by Crippen LogP contribution is 2.31. The summed E-state index contributed by atoms with van der Waals surface area (Å²) in [7, 11) is 0. The highest BCUT2D eigenvalue weighted by Gasteiger charge is 2.13. The van der Waals surface area contributed by atoms with E-state index in [0.29, 0.717) is 5.15 Å². The molecule has 0 amide bonds. The van der Waals surface area contributed by atoms with Crippen LogP contribution in [0, 0.1) is 0 Å². The molecule has 0 fully saturated rings. The van der Waals surface area contributed by atoms with E-state index in [1.807, 2.05) is 0 Å². The smallest absolute Gasteiger partial charge is 0.138 e. The summed E-state index contributed by atoms with van der Waals surface area (Å²) in [4.78, 5) is 8.38. The van der Waals surface area contributed by atoms with E-state index in [2.05, 4.69) is 58.8 Å². The summed E-state index contributed by atoms with van der Waals surface area (Å²) in [5.74, 6) is 1.03. The van der Waals surface area contributed by atoms with E-state index >= 15 is 0 Å². The van der Waals surface area contributed by atoms with Crippen LogP contribution in [0.5, 0.6) is 0 Å². The average molecular weight is 304 g/mol. The van der Waals surface area contributed by atoms with Crippen LogP contribution in [0.15, 0.2) is 36.0 Å². The van der Waals surface area contributed by atoms with Crippen molar-refractivity contribution in [3.8, 4) is 0 Å². The van der Waals surface area contributed by atoms with Gasteiger partial charge in [0.2, 0.25) is 0 Å². The molecule has 1 N–H and O–H groups in total. The van der Waals surface area contributed by atoms with Gasteiger partial charge >= 0.3 is 0 Å². The molecule has 0 saturated carbocycles. The molecule has 2 heterocycles. The first-order valence-corrected chi connectivity index (χ1v) is 7.65. The number of fused-ring (bicyclic) bond motifs is 1. The number of halogens is 1. The van der Waals surface area contributed by atoms with Crippen LogP contribution in [0.2, 0.25) is 5.15 Å². The summed E-state index contributed by atoms with van der Waals surface area (Å²) in [6, 6.07) is 8.40. The standard InChI is InChI=1S/C15H14ClN3S/c1-9(2)13-14(16)17-8-18-15(13)19-11-3-4-12-10(7-11)5-6-20-12/h3-9H,1-2H3,(H,17,18,19). The Kier molecular flexibility index (Phi) is 3.59. The van der Waals surface area contributed by atoms with Gasteiger partial charge in [-0.05, 0) is 40.9 Å². The number of hydrogen-bond donors (Lipinski definition) is 1. The number of benzene rings is 1. The number of hydrogen-bond acceptors (Lipinski definition) is 4. The minimum atomic E-state index is 0.260. The minimum Gasteiger partial charge on any atom is -0.340 e. The molecule has 0 atom stereocenters. The Morgan fingerprint density at radius 1 is 1.20 bits per heavy atom. The number of nitrogens with one attached hydrogen (secondary N) is 1. The zero-order chi connectivity index (χ0) is 14.1. The van der Waals surface area contributed by atoms with Gasteiger partial charge < -0.3 is 5.32 Å². The fraction of sp³-hybridized carbons (Fsp3) is 0.200. The molecule has 20 heavy (non-hydrogen) atoms. The van der Waals surface area contributed by atoms with Gasteiger partial charge in [-0.15, -0.1) is 11.3 Å². The van der Waals surface area contributed by atoms with Crippen molar-refractivity contribution >= 4 is 44.5 Å². The quantitative estimate of drug-likeness (QED) is 0.675. The van der Waals surface area contributed by atoms with Crippen LogP contribution in [0.3, 0.4) is 0 Å². The van der Waals surface area contributed by atoms with Crippen molar-refractivity contribution in [3.05, 3.63) is 46.7 Å². The monoisotopic (exact) mass is 303 g/mol. The zero-order valence-corrected chi connectivity index (χ0v) is 12.8. The second-order valence-electron chi connectivity index (χ2n) is 4.88. The molecule has 2 aromatic heterocycles. The van der Waals surface area contributed by atoms with Crippen molar-refractivity contribution in [1.29, 1.82) is 0 Å². The topological polar surface area (TPSA) is 37.8 Å². The molecule has 0 aliphatic heterocycles. The van der Waals surface area contributed by atoms with Crippen LogP contribution in [0.25, 0.3) is 10.1 Å². The largest absolute Gasteiger partial charge is 0.340 e. The molecular formula is C15H14ClN3S. The van der Waals surface area contributed by atoms with Gasteiger partial charge in [0.15, 0.2) is 0 Å². The van der Waals surface area contributed by atoms with Gasteiger partial charge in [0.25, 0.3) is 0 Å². The Balaban J connectivity index is 2.00. The second-order valence-corrected chi connectivity index (χ2v) is 6.19. The first-order valence-electron chi connectivity index (χ1n) is 6.40. The predicted octanol–water partition coefficient (Wildman–Crippen LogP) is 5.21. The van der Waals surface area contributed by atoms with E-state index in [9.17, 15) is 0 Å². The van der Waals surface area contributed by atoms with Crippen molar-refractivity contribution in [3.63, 3.8) is 0 Å². The first kappa shape index (κ1) is 13.3. The van der Waals surface area contributed by atoms with Crippen LogP contribution < -0.4 is 5.32 Å². The molecule has 1 aromatic carbocycles. The Morgan fingerprint density at radius 2 is 2.05 bits per heavy atom. The number of nitrogens with zero attached hydrogens (tertiary/aromatic N) is 2. The van der Waals surface area contributed by atoms with Crippen LogP contribution in [-0.2, 0) is 0 Å². The van der Waals surface area contributed by atoms with E-state index in [1.54, 1.807) is 11.3 Å². The molecule has 0 aliphatic rings. The fourth-order valence-electron chi connectivity index (χ4n) is 2.17. The third-order valence-corrected chi connectivity index (χ3v) is 4.33. The van der Waals surface area contributed by atoms with E-state index in [4.69, 9.17) is 11.6 Å². The zero-order valence-electron chi connectivity index (χ0n) is 11.2. The molecule has 3 aromatic rings. The number of aromatic nitrogens is 2.